The Morgan fingerprint density at radius 1 is 1.47 bits per heavy atom. The van der Waals surface area contributed by atoms with Crippen molar-refractivity contribution in [3.63, 3.8) is 0 Å². The summed E-state index contributed by atoms with van der Waals surface area (Å²) in [5, 5.41) is 17.5. The van der Waals surface area contributed by atoms with E-state index in [1.165, 1.54) is 6.07 Å². The Morgan fingerprint density at radius 2 is 2.07 bits per heavy atom. The van der Waals surface area contributed by atoms with E-state index in [0.29, 0.717) is 4.47 Å². The largest absolute Gasteiger partial charge is 0.507 e. The minimum Gasteiger partial charge on any atom is -0.507 e. The molecular formula is C9H7BrF2O3. The number of halogens is 3. The Hall–Kier alpha value is -1.17. The zero-order chi connectivity index (χ0) is 11.6. The van der Waals surface area contributed by atoms with E-state index < -0.39 is 29.6 Å². The molecule has 0 aliphatic rings. The summed E-state index contributed by atoms with van der Waals surface area (Å²) in [6.45, 7) is 0. The molecule has 3 nitrogen and oxygen atoms in total. The van der Waals surface area contributed by atoms with Crippen molar-refractivity contribution >= 4 is 21.9 Å². The highest BCUT2D eigenvalue weighted by Gasteiger charge is 2.37. The van der Waals surface area contributed by atoms with Crippen LogP contribution in [0.1, 0.15) is 12.0 Å². The van der Waals surface area contributed by atoms with E-state index in [1.807, 2.05) is 0 Å². The van der Waals surface area contributed by atoms with Crippen molar-refractivity contribution < 1.29 is 23.8 Å². The van der Waals surface area contributed by atoms with Gasteiger partial charge in [-0.05, 0) is 18.2 Å². The molecule has 0 radical (unpaired) electrons. The van der Waals surface area contributed by atoms with Gasteiger partial charge >= 0.3 is 5.97 Å². The quantitative estimate of drug-likeness (QED) is 0.895. The van der Waals surface area contributed by atoms with Crippen molar-refractivity contribution in [1.82, 2.24) is 0 Å². The zero-order valence-corrected chi connectivity index (χ0v) is 8.96. The van der Waals surface area contributed by atoms with Crippen molar-refractivity contribution in [3.8, 4) is 5.75 Å². The maximum absolute atomic E-state index is 13.3. The fourth-order valence-corrected chi connectivity index (χ4v) is 1.45. The second-order valence-electron chi connectivity index (χ2n) is 2.94. The first-order valence-electron chi connectivity index (χ1n) is 3.91. The van der Waals surface area contributed by atoms with Crippen molar-refractivity contribution in [2.24, 2.45) is 0 Å². The van der Waals surface area contributed by atoms with Gasteiger partial charge in [0.15, 0.2) is 0 Å². The molecular weight excluding hydrogens is 274 g/mol. The predicted octanol–water partition coefficient (Wildman–Crippen LogP) is 2.72. The summed E-state index contributed by atoms with van der Waals surface area (Å²) in [4.78, 5) is 10.2. The topological polar surface area (TPSA) is 57.5 Å². The first kappa shape index (κ1) is 11.9. The van der Waals surface area contributed by atoms with Gasteiger partial charge in [-0.15, -0.1) is 0 Å². The monoisotopic (exact) mass is 280 g/mol. The Morgan fingerprint density at radius 3 is 2.60 bits per heavy atom. The maximum Gasteiger partial charge on any atom is 0.309 e. The van der Waals surface area contributed by atoms with E-state index in [1.54, 1.807) is 0 Å². The number of aromatic hydroxyl groups is 1. The van der Waals surface area contributed by atoms with Gasteiger partial charge in [-0.1, -0.05) is 15.9 Å². The smallest absolute Gasteiger partial charge is 0.309 e. The van der Waals surface area contributed by atoms with Crippen LogP contribution in [-0.2, 0) is 10.7 Å². The molecule has 0 aliphatic carbocycles. The molecule has 1 aromatic rings. The van der Waals surface area contributed by atoms with Crippen molar-refractivity contribution in [2.75, 3.05) is 0 Å². The molecule has 15 heavy (non-hydrogen) atoms. The molecule has 1 aromatic carbocycles. The van der Waals surface area contributed by atoms with Crippen molar-refractivity contribution in [1.29, 1.82) is 0 Å². The molecule has 0 amide bonds. The number of carboxylic acid groups (broad SMARTS) is 1. The lowest BCUT2D eigenvalue weighted by Crippen LogP contribution is -2.18. The highest BCUT2D eigenvalue weighted by Crippen LogP contribution is 2.38. The lowest BCUT2D eigenvalue weighted by atomic mass is 10.0. The van der Waals surface area contributed by atoms with Gasteiger partial charge in [0, 0.05) is 4.47 Å². The molecule has 0 aliphatic heterocycles. The van der Waals surface area contributed by atoms with Crippen LogP contribution >= 0.6 is 15.9 Å². The number of hydrogen-bond donors (Lipinski definition) is 2. The van der Waals surface area contributed by atoms with Gasteiger partial charge in [-0.25, -0.2) is 8.78 Å². The van der Waals surface area contributed by atoms with Crippen LogP contribution in [0.2, 0.25) is 0 Å². The van der Waals surface area contributed by atoms with Crippen LogP contribution in [0.25, 0.3) is 0 Å². The summed E-state index contributed by atoms with van der Waals surface area (Å²) in [7, 11) is 0. The molecule has 0 saturated carbocycles. The summed E-state index contributed by atoms with van der Waals surface area (Å²) in [6.07, 6.45) is -1.35. The van der Waals surface area contributed by atoms with Crippen LogP contribution in [0.15, 0.2) is 22.7 Å². The van der Waals surface area contributed by atoms with Crippen molar-refractivity contribution in [2.45, 2.75) is 12.3 Å². The summed E-state index contributed by atoms with van der Waals surface area (Å²) >= 11 is 2.96. The van der Waals surface area contributed by atoms with Gasteiger partial charge < -0.3 is 10.2 Å². The number of alkyl halides is 2. The standard InChI is InChI=1S/C9H7BrF2O3/c10-5-1-2-7(13)6(3-5)9(11,12)4-8(14)15/h1-3,13H,4H2,(H,14,15). The van der Waals surface area contributed by atoms with Crippen LogP contribution in [0.4, 0.5) is 8.78 Å². The fourth-order valence-electron chi connectivity index (χ4n) is 1.09. The third kappa shape index (κ3) is 2.89. The van der Waals surface area contributed by atoms with Crippen molar-refractivity contribution in [3.05, 3.63) is 28.2 Å². The van der Waals surface area contributed by atoms with E-state index in [0.717, 1.165) is 12.1 Å². The second-order valence-corrected chi connectivity index (χ2v) is 3.85. The average molecular weight is 281 g/mol. The predicted molar refractivity (Wildman–Crippen MR) is 52.0 cm³/mol. The SMILES string of the molecule is O=C(O)CC(F)(F)c1cc(Br)ccc1O. The molecule has 0 unspecified atom stereocenters. The molecule has 0 saturated heterocycles. The average Bonchev–Trinajstić information content (AvgIpc) is 2.06. The number of benzene rings is 1. The molecule has 0 aromatic heterocycles. The minimum absolute atomic E-state index is 0.348. The Kier molecular flexibility index (Phi) is 3.28. The number of phenolic OH excluding ortho intramolecular Hbond substituents is 1. The molecule has 0 heterocycles. The first-order chi connectivity index (χ1) is 6.83. The third-order valence-corrected chi connectivity index (χ3v) is 2.22. The Labute approximate surface area is 92.5 Å². The second kappa shape index (κ2) is 4.14. The summed E-state index contributed by atoms with van der Waals surface area (Å²) < 4.78 is 26.9. The molecule has 0 bridgehead atoms. The van der Waals surface area contributed by atoms with E-state index >= 15 is 0 Å². The van der Waals surface area contributed by atoms with E-state index in [9.17, 15) is 18.7 Å². The Balaban J connectivity index is 3.13. The van der Waals surface area contributed by atoms with Gasteiger partial charge in [-0.2, -0.15) is 0 Å². The van der Waals surface area contributed by atoms with E-state index in [2.05, 4.69) is 15.9 Å². The highest BCUT2D eigenvalue weighted by atomic mass is 79.9. The summed E-state index contributed by atoms with van der Waals surface area (Å²) in [6, 6.07) is 3.46. The molecule has 1 rings (SSSR count). The Bertz CT molecular complexity index is 393. The number of hydrogen-bond acceptors (Lipinski definition) is 2. The minimum atomic E-state index is -3.58. The summed E-state index contributed by atoms with van der Waals surface area (Å²) in [5.41, 5.74) is -0.695. The van der Waals surface area contributed by atoms with Gasteiger partial charge in [0.1, 0.15) is 12.2 Å². The van der Waals surface area contributed by atoms with Crippen LogP contribution in [-0.4, -0.2) is 16.2 Å². The van der Waals surface area contributed by atoms with Gasteiger partial charge in [-0.3, -0.25) is 4.79 Å². The number of carboxylic acids is 1. The van der Waals surface area contributed by atoms with Gasteiger partial charge in [0.25, 0.3) is 5.92 Å². The van der Waals surface area contributed by atoms with Crippen LogP contribution in [0.3, 0.4) is 0 Å². The van der Waals surface area contributed by atoms with Gasteiger partial charge in [0.05, 0.1) is 5.56 Å². The molecule has 0 spiro atoms. The van der Waals surface area contributed by atoms with E-state index in [-0.39, 0.29) is 0 Å². The normalized spacial score (nSPS) is 11.4. The number of rotatable bonds is 3. The van der Waals surface area contributed by atoms with Gasteiger partial charge in [0.2, 0.25) is 0 Å². The molecule has 0 fully saturated rings. The summed E-state index contributed by atoms with van der Waals surface area (Å²) in [5.74, 6) is -5.83. The first-order valence-corrected chi connectivity index (χ1v) is 4.71. The maximum atomic E-state index is 13.3. The lowest BCUT2D eigenvalue weighted by Gasteiger charge is -2.15. The third-order valence-electron chi connectivity index (χ3n) is 1.73. The molecule has 0 atom stereocenters. The molecule has 2 N–H and O–H groups in total. The lowest BCUT2D eigenvalue weighted by molar-refractivity contribution is -0.145. The molecule has 6 heteroatoms. The van der Waals surface area contributed by atoms with Crippen LogP contribution in [0.5, 0.6) is 5.75 Å². The highest BCUT2D eigenvalue weighted by molar-refractivity contribution is 9.10. The number of aliphatic carboxylic acids is 1. The zero-order valence-electron chi connectivity index (χ0n) is 7.38. The van der Waals surface area contributed by atoms with Crippen LogP contribution in [0, 0.1) is 0 Å². The number of carbonyl (C=O) groups is 1. The molecule has 82 valence electrons. The number of phenols is 1. The van der Waals surface area contributed by atoms with E-state index in [4.69, 9.17) is 5.11 Å². The fraction of sp³-hybridized carbons (Fsp3) is 0.222. The van der Waals surface area contributed by atoms with Crippen LogP contribution < -0.4 is 0 Å².